The van der Waals surface area contributed by atoms with Crippen LogP contribution in [0.4, 0.5) is 32.4 Å². The topological polar surface area (TPSA) is 92.3 Å². The number of nitrogens with one attached hydrogen (secondary N) is 1. The van der Waals surface area contributed by atoms with Gasteiger partial charge in [0.2, 0.25) is 5.67 Å². The number of urea groups is 1. The quantitative estimate of drug-likeness (QED) is 0.343. The van der Waals surface area contributed by atoms with Crippen molar-refractivity contribution in [2.75, 3.05) is 11.9 Å². The van der Waals surface area contributed by atoms with Crippen LogP contribution in [0.15, 0.2) is 65.8 Å². The number of benzene rings is 2. The Morgan fingerprint density at radius 3 is 2.44 bits per heavy atom. The molecule has 2 heterocycles. The number of amides is 2. The highest BCUT2D eigenvalue weighted by Gasteiger charge is 2.61. The van der Waals surface area contributed by atoms with Crippen LogP contribution in [0.25, 0.3) is 0 Å². The van der Waals surface area contributed by atoms with Crippen molar-refractivity contribution in [3.8, 4) is 0 Å². The summed E-state index contributed by atoms with van der Waals surface area (Å²) in [5.74, 6) is -0.649. The molecule has 3 atom stereocenters. The maximum Gasteiger partial charge on any atom is 0.426 e. The van der Waals surface area contributed by atoms with Crippen molar-refractivity contribution < 1.29 is 35.2 Å². The molecular formula is C26H23F5N4O3S. The maximum atomic E-state index is 14.8. The normalized spacial score (nSPS) is 22.5. The van der Waals surface area contributed by atoms with Gasteiger partial charge in [0.15, 0.2) is 9.84 Å². The molecule has 0 saturated carbocycles. The zero-order valence-corrected chi connectivity index (χ0v) is 21.4. The minimum Gasteiger partial charge on any atom is -0.320 e. The number of nitrogens with zero attached hydrogens (tertiary/aromatic N) is 3. The summed E-state index contributed by atoms with van der Waals surface area (Å²) in [6, 6.07) is 7.48. The van der Waals surface area contributed by atoms with Gasteiger partial charge in [0.05, 0.1) is 29.0 Å². The number of carbonyl (C=O) groups excluding carboxylic acids is 1. The maximum absolute atomic E-state index is 14.8. The van der Waals surface area contributed by atoms with Crippen molar-refractivity contribution in [1.29, 1.82) is 0 Å². The predicted octanol–water partition coefficient (Wildman–Crippen LogP) is 5.28. The van der Waals surface area contributed by atoms with Crippen molar-refractivity contribution in [3.63, 3.8) is 0 Å². The summed E-state index contributed by atoms with van der Waals surface area (Å²) in [6.45, 7) is 0.432. The Bertz CT molecular complexity index is 1510. The highest BCUT2D eigenvalue weighted by molar-refractivity contribution is 7.92. The SMILES string of the molecule is CC(F)(c1ccc2c(c1)CC[C@H]1N(C(=O)Nc3ccnnc3)CC[C@@]21S(=O)(=O)c1ccc(F)cc1)C(F)(F)F. The first-order chi connectivity index (χ1) is 18.3. The Hall–Kier alpha value is -3.61. The average Bonchev–Trinajstić information content (AvgIpc) is 3.30. The summed E-state index contributed by atoms with van der Waals surface area (Å²) in [4.78, 5) is 14.5. The van der Waals surface area contributed by atoms with Crippen LogP contribution in [0, 0.1) is 5.82 Å². The van der Waals surface area contributed by atoms with Crippen molar-refractivity contribution in [2.24, 2.45) is 0 Å². The molecule has 5 rings (SSSR count). The summed E-state index contributed by atoms with van der Waals surface area (Å²) >= 11 is 0. The summed E-state index contributed by atoms with van der Waals surface area (Å²) in [5.41, 5.74) is -3.50. The lowest BCUT2D eigenvalue weighted by molar-refractivity contribution is -0.228. The molecule has 1 aliphatic carbocycles. The van der Waals surface area contributed by atoms with Crippen LogP contribution < -0.4 is 5.32 Å². The van der Waals surface area contributed by atoms with Crippen LogP contribution in [0.1, 0.15) is 36.5 Å². The molecule has 0 bridgehead atoms. The minimum atomic E-state index is -5.18. The lowest BCUT2D eigenvalue weighted by Gasteiger charge is -2.42. The Morgan fingerprint density at radius 2 is 1.79 bits per heavy atom. The molecule has 0 radical (unpaired) electrons. The van der Waals surface area contributed by atoms with Gasteiger partial charge in [-0.3, -0.25) is 0 Å². The number of anilines is 1. The average molecular weight is 567 g/mol. The first-order valence-corrected chi connectivity index (χ1v) is 13.5. The molecule has 0 spiro atoms. The number of sulfone groups is 1. The van der Waals surface area contributed by atoms with Crippen molar-refractivity contribution in [1.82, 2.24) is 15.1 Å². The first-order valence-electron chi connectivity index (χ1n) is 12.0. The van der Waals surface area contributed by atoms with Gasteiger partial charge in [-0.25, -0.2) is 22.0 Å². The number of likely N-dealkylation sites (tertiary alicyclic amines) is 1. The van der Waals surface area contributed by atoms with E-state index in [9.17, 15) is 35.2 Å². The molecule has 1 N–H and O–H groups in total. The molecule has 3 aromatic rings. The first kappa shape index (κ1) is 27.0. The highest BCUT2D eigenvalue weighted by Crippen LogP contribution is 2.54. The Kier molecular flexibility index (Phi) is 6.40. The van der Waals surface area contributed by atoms with E-state index in [1.165, 1.54) is 29.4 Å². The van der Waals surface area contributed by atoms with Gasteiger partial charge >= 0.3 is 12.2 Å². The van der Waals surface area contributed by atoms with Gasteiger partial charge in [-0.1, -0.05) is 18.2 Å². The monoisotopic (exact) mass is 566 g/mol. The van der Waals surface area contributed by atoms with Gasteiger partial charge in [0.25, 0.3) is 0 Å². The van der Waals surface area contributed by atoms with E-state index in [-0.39, 0.29) is 41.8 Å². The second-order valence-electron chi connectivity index (χ2n) is 9.78. The third-order valence-electron chi connectivity index (χ3n) is 7.66. The second kappa shape index (κ2) is 9.25. The van der Waals surface area contributed by atoms with Crippen molar-refractivity contribution >= 4 is 21.6 Å². The molecule has 7 nitrogen and oxygen atoms in total. The Balaban J connectivity index is 1.64. The van der Waals surface area contributed by atoms with E-state index >= 15 is 0 Å². The summed E-state index contributed by atoms with van der Waals surface area (Å²) in [6.07, 6.45) is -2.35. The molecule has 2 aromatic carbocycles. The van der Waals surface area contributed by atoms with Gasteiger partial charge in [-0.05, 0) is 73.2 Å². The smallest absolute Gasteiger partial charge is 0.320 e. The van der Waals surface area contributed by atoms with Crippen molar-refractivity contribution in [3.05, 3.63) is 83.4 Å². The fraction of sp³-hybridized carbons (Fsp3) is 0.346. The van der Waals surface area contributed by atoms with Crippen molar-refractivity contribution in [2.45, 2.75) is 53.7 Å². The van der Waals surface area contributed by atoms with E-state index in [0.717, 1.165) is 36.4 Å². The molecule has 1 aromatic heterocycles. The number of aryl methyl sites for hydroxylation is 1. The van der Waals surface area contributed by atoms with Crippen LogP contribution in [-0.2, 0) is 26.7 Å². The van der Waals surface area contributed by atoms with E-state index in [0.29, 0.717) is 12.6 Å². The number of aromatic nitrogens is 2. The molecule has 39 heavy (non-hydrogen) atoms. The van der Waals surface area contributed by atoms with E-state index in [2.05, 4.69) is 15.5 Å². The molecular weight excluding hydrogens is 543 g/mol. The summed E-state index contributed by atoms with van der Waals surface area (Å²) in [7, 11) is -4.33. The third-order valence-corrected chi connectivity index (χ3v) is 10.2. The number of alkyl halides is 4. The predicted molar refractivity (Wildman–Crippen MR) is 131 cm³/mol. The zero-order valence-electron chi connectivity index (χ0n) is 20.5. The lowest BCUT2D eigenvalue weighted by Crippen LogP contribution is -2.53. The van der Waals surface area contributed by atoms with Gasteiger partial charge in [0.1, 0.15) is 10.6 Å². The Labute approximate surface area is 221 Å². The number of halogens is 5. The molecule has 206 valence electrons. The Morgan fingerprint density at radius 1 is 1.08 bits per heavy atom. The van der Waals surface area contributed by atoms with E-state index in [4.69, 9.17) is 0 Å². The number of rotatable bonds is 4. The standard InChI is InChI=1S/C26H23F5N4O3S/c1-24(28,26(29,30)31)17-3-8-21-16(14-17)2-9-22-25(21,39(37,38)20-6-4-18(27)5-7-20)11-13-35(22)23(36)34-19-10-12-32-33-15-19/h3-8,10,12,14-15,22H,2,9,11,13H2,1H3,(H,32,34,36)/t22-,24?,25-/m1/s1. The van der Waals surface area contributed by atoms with E-state index in [1.54, 1.807) is 0 Å². The molecule has 1 unspecified atom stereocenters. The van der Waals surface area contributed by atoms with Gasteiger partial charge < -0.3 is 10.2 Å². The fourth-order valence-corrected chi connectivity index (χ4v) is 7.98. The van der Waals surface area contributed by atoms with Crippen LogP contribution in [0.3, 0.4) is 0 Å². The fourth-order valence-electron chi connectivity index (χ4n) is 5.61. The van der Waals surface area contributed by atoms with Gasteiger partial charge in [0, 0.05) is 6.54 Å². The second-order valence-corrected chi connectivity index (χ2v) is 12.0. The molecule has 2 aliphatic rings. The number of hydrogen-bond acceptors (Lipinski definition) is 5. The molecule has 1 aliphatic heterocycles. The number of carbonyl (C=O) groups is 1. The van der Waals surface area contributed by atoms with Crippen LogP contribution in [-0.4, -0.2) is 48.3 Å². The molecule has 13 heteroatoms. The van der Waals surface area contributed by atoms with E-state index in [1.807, 2.05) is 0 Å². The molecule has 2 amide bonds. The van der Waals surface area contributed by atoms with Crippen LogP contribution >= 0.6 is 0 Å². The largest absolute Gasteiger partial charge is 0.426 e. The summed E-state index contributed by atoms with van der Waals surface area (Å²) in [5, 5.41) is 10.0. The number of fused-ring (bicyclic) bond motifs is 3. The molecule has 1 fully saturated rings. The van der Waals surface area contributed by atoms with Gasteiger partial charge in [-0.2, -0.15) is 23.4 Å². The summed E-state index contributed by atoms with van der Waals surface area (Å²) < 4.78 is 95.6. The highest BCUT2D eigenvalue weighted by atomic mass is 32.2. The van der Waals surface area contributed by atoms with E-state index < -0.39 is 49.9 Å². The lowest BCUT2D eigenvalue weighted by atomic mass is 9.77. The van der Waals surface area contributed by atoms with Crippen LogP contribution in [0.2, 0.25) is 0 Å². The molecule has 1 saturated heterocycles. The third kappa shape index (κ3) is 4.23. The zero-order chi connectivity index (χ0) is 28.2. The van der Waals surface area contributed by atoms with Crippen LogP contribution in [0.5, 0.6) is 0 Å². The van der Waals surface area contributed by atoms with Gasteiger partial charge in [-0.15, -0.1) is 0 Å². The minimum absolute atomic E-state index is 0.0139. The number of hydrogen-bond donors (Lipinski definition) is 1.